The predicted molar refractivity (Wildman–Crippen MR) is 133 cm³/mol. The number of nitrogens with zero attached hydrogens (tertiary/aromatic N) is 3. The van der Waals surface area contributed by atoms with Gasteiger partial charge in [0, 0.05) is 5.69 Å². The molecule has 1 aromatic heterocycles. The highest BCUT2D eigenvalue weighted by Gasteiger charge is 2.37. The van der Waals surface area contributed by atoms with Crippen LogP contribution in [0.4, 0.5) is 5.69 Å². The van der Waals surface area contributed by atoms with E-state index in [1.165, 1.54) is 17.3 Å². The largest absolute Gasteiger partial charge is 0.486 e. The smallest absolute Gasteiger partial charge is 0.240 e. The molecule has 0 bridgehead atoms. The Balaban J connectivity index is 1.39. The minimum Gasteiger partial charge on any atom is -0.486 e. The lowest BCUT2D eigenvalue weighted by Gasteiger charge is -2.33. The van der Waals surface area contributed by atoms with E-state index < -0.39 is 5.25 Å². The molecular formula is C26H25N5O2S. The number of aromatic nitrogens is 3. The van der Waals surface area contributed by atoms with Crippen molar-refractivity contribution in [3.63, 3.8) is 0 Å². The topological polar surface area (TPSA) is 81.1 Å². The predicted octanol–water partition coefficient (Wildman–Crippen LogP) is 4.82. The molecule has 3 aromatic carbocycles. The quantitative estimate of drug-likeness (QED) is 0.402. The molecule has 0 unspecified atom stereocenters. The summed E-state index contributed by atoms with van der Waals surface area (Å²) >= 11 is 1.40. The third-order valence-corrected chi connectivity index (χ3v) is 6.88. The van der Waals surface area contributed by atoms with Gasteiger partial charge in [0.2, 0.25) is 11.1 Å². The van der Waals surface area contributed by atoms with Gasteiger partial charge in [0.15, 0.2) is 5.82 Å². The fourth-order valence-corrected chi connectivity index (χ4v) is 4.90. The molecule has 1 amide bonds. The SMILES string of the molecule is CCc1ccc(NC(=O)[C@H]2Sc3nnc(COc4ccccc4)n3N[C@H]2c2ccccc2)cc1. The number of carbonyl (C=O) groups excluding carboxylic acids is 1. The van der Waals surface area contributed by atoms with Crippen LogP contribution in [0.1, 0.15) is 29.9 Å². The number of hydrogen-bond acceptors (Lipinski definition) is 6. The molecule has 0 saturated heterocycles. The number of carbonyl (C=O) groups is 1. The molecule has 1 aliphatic rings. The van der Waals surface area contributed by atoms with Crippen LogP contribution >= 0.6 is 11.8 Å². The number of anilines is 1. The zero-order valence-electron chi connectivity index (χ0n) is 18.7. The van der Waals surface area contributed by atoms with Gasteiger partial charge in [0.05, 0.1) is 6.04 Å². The van der Waals surface area contributed by atoms with Gasteiger partial charge in [-0.15, -0.1) is 10.2 Å². The van der Waals surface area contributed by atoms with Crippen LogP contribution in [0.15, 0.2) is 90.1 Å². The Hall–Kier alpha value is -3.78. The Labute approximate surface area is 202 Å². The van der Waals surface area contributed by atoms with Crippen LogP contribution in [0.3, 0.4) is 0 Å². The van der Waals surface area contributed by atoms with Crippen molar-refractivity contribution in [3.8, 4) is 5.75 Å². The molecule has 172 valence electrons. The lowest BCUT2D eigenvalue weighted by atomic mass is 10.0. The summed E-state index contributed by atoms with van der Waals surface area (Å²) in [7, 11) is 0. The van der Waals surface area contributed by atoms with Gasteiger partial charge in [-0.05, 0) is 41.8 Å². The standard InChI is InChI=1S/C26H25N5O2S/c1-2-18-13-15-20(16-14-18)27-25(32)24-23(19-9-5-3-6-10-19)30-31-22(28-29-26(31)34-24)17-33-21-11-7-4-8-12-21/h3-16,23-24,30H,2,17H2,1H3,(H,27,32)/t23-,24-/m0/s1. The Morgan fingerprint density at radius 3 is 2.41 bits per heavy atom. The molecule has 0 fully saturated rings. The van der Waals surface area contributed by atoms with E-state index in [0.29, 0.717) is 11.0 Å². The highest BCUT2D eigenvalue weighted by atomic mass is 32.2. The summed E-state index contributed by atoms with van der Waals surface area (Å²) in [6.45, 7) is 2.37. The Morgan fingerprint density at radius 1 is 1.00 bits per heavy atom. The maximum absolute atomic E-state index is 13.4. The van der Waals surface area contributed by atoms with Gasteiger partial charge < -0.3 is 15.5 Å². The molecule has 4 aromatic rings. The van der Waals surface area contributed by atoms with Crippen LogP contribution in [-0.4, -0.2) is 26.0 Å². The summed E-state index contributed by atoms with van der Waals surface area (Å²) in [4.78, 5) is 13.4. The average molecular weight is 472 g/mol. The van der Waals surface area contributed by atoms with Gasteiger partial charge in [-0.2, -0.15) is 0 Å². The molecule has 2 heterocycles. The summed E-state index contributed by atoms with van der Waals surface area (Å²) in [6.07, 6.45) is 0.957. The number of para-hydroxylation sites is 1. The number of aryl methyl sites for hydroxylation is 1. The van der Waals surface area contributed by atoms with E-state index in [9.17, 15) is 4.79 Å². The van der Waals surface area contributed by atoms with Gasteiger partial charge >= 0.3 is 0 Å². The van der Waals surface area contributed by atoms with Crippen molar-refractivity contribution < 1.29 is 9.53 Å². The van der Waals surface area contributed by atoms with Crippen molar-refractivity contribution in [3.05, 3.63) is 102 Å². The first-order valence-corrected chi connectivity index (χ1v) is 12.1. The highest BCUT2D eigenvalue weighted by Crippen LogP contribution is 2.37. The second kappa shape index (κ2) is 10.0. The summed E-state index contributed by atoms with van der Waals surface area (Å²) < 4.78 is 7.70. The fraction of sp³-hybridized carbons (Fsp3) is 0.192. The van der Waals surface area contributed by atoms with Crippen molar-refractivity contribution in [1.82, 2.24) is 14.9 Å². The molecule has 7 nitrogen and oxygen atoms in total. The maximum Gasteiger partial charge on any atom is 0.240 e. The first-order chi connectivity index (χ1) is 16.7. The Bertz CT molecular complexity index is 1250. The van der Waals surface area contributed by atoms with E-state index in [-0.39, 0.29) is 18.6 Å². The number of benzene rings is 3. The van der Waals surface area contributed by atoms with Crippen LogP contribution in [0.2, 0.25) is 0 Å². The summed E-state index contributed by atoms with van der Waals surface area (Å²) in [5.41, 5.74) is 6.47. The van der Waals surface area contributed by atoms with Crippen molar-refractivity contribution in [2.45, 2.75) is 36.4 Å². The number of ether oxygens (including phenoxy) is 1. The van der Waals surface area contributed by atoms with E-state index >= 15 is 0 Å². The zero-order valence-corrected chi connectivity index (χ0v) is 19.5. The molecule has 0 aliphatic carbocycles. The third kappa shape index (κ3) is 4.77. The van der Waals surface area contributed by atoms with Crippen LogP contribution in [0.25, 0.3) is 0 Å². The highest BCUT2D eigenvalue weighted by molar-refractivity contribution is 8.00. The average Bonchev–Trinajstić information content (AvgIpc) is 3.30. The number of amides is 1. The zero-order chi connectivity index (χ0) is 23.3. The molecule has 8 heteroatoms. The molecule has 5 rings (SSSR count). The van der Waals surface area contributed by atoms with Crippen molar-refractivity contribution in [2.24, 2.45) is 0 Å². The lowest BCUT2D eigenvalue weighted by Crippen LogP contribution is -2.41. The maximum atomic E-state index is 13.4. The van der Waals surface area contributed by atoms with Gasteiger partial charge in [-0.1, -0.05) is 79.3 Å². The lowest BCUT2D eigenvalue weighted by molar-refractivity contribution is -0.116. The second-order valence-corrected chi connectivity index (χ2v) is 9.04. The number of nitrogens with one attached hydrogen (secondary N) is 2. The van der Waals surface area contributed by atoms with E-state index in [2.05, 4.69) is 27.9 Å². The van der Waals surface area contributed by atoms with Crippen molar-refractivity contribution in [1.29, 1.82) is 0 Å². The van der Waals surface area contributed by atoms with Gasteiger partial charge in [0.25, 0.3) is 0 Å². The molecule has 2 atom stereocenters. The molecule has 34 heavy (non-hydrogen) atoms. The van der Waals surface area contributed by atoms with E-state index in [1.807, 2.05) is 89.6 Å². The summed E-state index contributed by atoms with van der Waals surface area (Å²) in [5, 5.41) is 11.9. The summed E-state index contributed by atoms with van der Waals surface area (Å²) in [6, 6.07) is 27.2. The molecule has 2 N–H and O–H groups in total. The van der Waals surface area contributed by atoms with Gasteiger partial charge in [-0.3, -0.25) is 4.79 Å². The molecule has 1 aliphatic heterocycles. The van der Waals surface area contributed by atoms with Crippen LogP contribution < -0.4 is 15.5 Å². The molecule has 0 radical (unpaired) electrons. The monoisotopic (exact) mass is 471 g/mol. The third-order valence-electron chi connectivity index (χ3n) is 5.66. The molecular weight excluding hydrogens is 446 g/mol. The van der Waals surface area contributed by atoms with E-state index in [1.54, 1.807) is 0 Å². The first-order valence-electron chi connectivity index (χ1n) is 11.2. The van der Waals surface area contributed by atoms with E-state index in [0.717, 1.165) is 23.4 Å². The van der Waals surface area contributed by atoms with Gasteiger partial charge in [-0.25, -0.2) is 4.68 Å². The number of thioether (sulfide) groups is 1. The number of fused-ring (bicyclic) bond motifs is 1. The van der Waals surface area contributed by atoms with Gasteiger partial charge in [0.1, 0.15) is 17.6 Å². The molecule has 0 spiro atoms. The number of hydrogen-bond donors (Lipinski definition) is 2. The van der Waals surface area contributed by atoms with Crippen molar-refractivity contribution in [2.75, 3.05) is 10.7 Å². The summed E-state index contributed by atoms with van der Waals surface area (Å²) in [5.74, 6) is 1.31. The fourth-order valence-electron chi connectivity index (χ4n) is 3.80. The Kier molecular flexibility index (Phi) is 6.49. The Morgan fingerprint density at radius 2 is 1.71 bits per heavy atom. The second-order valence-electron chi connectivity index (χ2n) is 7.93. The minimum absolute atomic E-state index is 0.0908. The van der Waals surface area contributed by atoms with Crippen LogP contribution in [0, 0.1) is 0 Å². The first kappa shape index (κ1) is 22.0. The number of rotatable bonds is 7. The van der Waals surface area contributed by atoms with E-state index in [4.69, 9.17) is 4.74 Å². The van der Waals surface area contributed by atoms with Crippen molar-refractivity contribution >= 4 is 23.4 Å². The van der Waals surface area contributed by atoms with Crippen LogP contribution in [-0.2, 0) is 17.8 Å². The molecule has 0 saturated carbocycles. The normalized spacial score (nSPS) is 16.9. The van der Waals surface area contributed by atoms with Crippen LogP contribution in [0.5, 0.6) is 5.75 Å². The minimum atomic E-state index is -0.437.